The maximum Gasteiger partial charge on any atom is 0.133 e. The minimum Gasteiger partial charge on any atom is -0.489 e. The lowest BCUT2D eigenvalue weighted by atomic mass is 9.61. The number of rotatable bonds is 5. The van der Waals surface area contributed by atoms with Gasteiger partial charge in [-0.3, -0.25) is 0 Å². The summed E-state index contributed by atoms with van der Waals surface area (Å²) in [6.07, 6.45) is 2.55. The molecule has 0 aliphatic heterocycles. The van der Waals surface area contributed by atoms with Gasteiger partial charge in [0.15, 0.2) is 0 Å². The number of ether oxygens (including phenoxy) is 1. The topological polar surface area (TPSA) is 21.3 Å². The van der Waals surface area contributed by atoms with Crippen molar-refractivity contribution >= 4 is 15.9 Å². The van der Waals surface area contributed by atoms with Crippen molar-refractivity contribution in [2.24, 2.45) is 5.41 Å². The molecule has 0 spiro atoms. The van der Waals surface area contributed by atoms with E-state index in [1.165, 1.54) is 0 Å². The minimum absolute atomic E-state index is 0.241. The van der Waals surface area contributed by atoms with E-state index in [9.17, 15) is 0 Å². The molecule has 100 valence electrons. The SMILES string of the molecule is CCNC1CC(Oc2ccccc2Br)C1(C)CC. The Morgan fingerprint density at radius 1 is 1.39 bits per heavy atom. The summed E-state index contributed by atoms with van der Waals surface area (Å²) in [5.74, 6) is 0.956. The third kappa shape index (κ3) is 2.43. The third-order valence-electron chi connectivity index (χ3n) is 4.30. The van der Waals surface area contributed by atoms with Gasteiger partial charge in [0.05, 0.1) is 4.47 Å². The Labute approximate surface area is 118 Å². The molecule has 3 atom stereocenters. The Balaban J connectivity index is 2.06. The molecule has 0 bridgehead atoms. The lowest BCUT2D eigenvalue weighted by molar-refractivity contribution is -0.0700. The molecule has 1 aliphatic rings. The zero-order chi connectivity index (χ0) is 13.2. The van der Waals surface area contributed by atoms with Gasteiger partial charge in [0.25, 0.3) is 0 Å². The van der Waals surface area contributed by atoms with E-state index in [0.717, 1.165) is 29.6 Å². The lowest BCUT2D eigenvalue weighted by Gasteiger charge is -2.53. The number of para-hydroxylation sites is 1. The lowest BCUT2D eigenvalue weighted by Crippen LogP contribution is -2.63. The minimum atomic E-state index is 0.241. The van der Waals surface area contributed by atoms with Crippen LogP contribution >= 0.6 is 15.9 Å². The first kappa shape index (κ1) is 13.9. The Hall–Kier alpha value is -0.540. The molecular formula is C15H22BrNO. The average Bonchev–Trinajstić information content (AvgIpc) is 2.38. The predicted molar refractivity (Wildman–Crippen MR) is 79.0 cm³/mol. The van der Waals surface area contributed by atoms with Gasteiger partial charge in [-0.05, 0) is 41.0 Å². The van der Waals surface area contributed by atoms with E-state index in [2.05, 4.69) is 42.0 Å². The van der Waals surface area contributed by atoms with Gasteiger partial charge >= 0.3 is 0 Å². The van der Waals surface area contributed by atoms with Crippen LogP contribution in [-0.2, 0) is 0 Å². The number of benzene rings is 1. The van der Waals surface area contributed by atoms with Crippen molar-refractivity contribution in [1.82, 2.24) is 5.32 Å². The first-order valence-electron chi connectivity index (χ1n) is 6.76. The molecule has 0 saturated heterocycles. The van der Waals surface area contributed by atoms with E-state index < -0.39 is 0 Å². The molecule has 1 aromatic carbocycles. The summed E-state index contributed by atoms with van der Waals surface area (Å²) >= 11 is 3.54. The summed E-state index contributed by atoms with van der Waals surface area (Å²) in [6.45, 7) is 7.77. The van der Waals surface area contributed by atoms with E-state index in [1.807, 2.05) is 24.3 Å². The van der Waals surface area contributed by atoms with Crippen LogP contribution in [-0.4, -0.2) is 18.7 Å². The van der Waals surface area contributed by atoms with Crippen LogP contribution in [0, 0.1) is 5.41 Å². The van der Waals surface area contributed by atoms with Crippen LogP contribution in [0.1, 0.15) is 33.6 Å². The largest absolute Gasteiger partial charge is 0.489 e. The zero-order valence-electron chi connectivity index (χ0n) is 11.4. The van der Waals surface area contributed by atoms with Crippen molar-refractivity contribution < 1.29 is 4.74 Å². The Morgan fingerprint density at radius 3 is 2.72 bits per heavy atom. The third-order valence-corrected chi connectivity index (χ3v) is 4.95. The first-order chi connectivity index (χ1) is 8.61. The van der Waals surface area contributed by atoms with Crippen molar-refractivity contribution in [3.8, 4) is 5.75 Å². The smallest absolute Gasteiger partial charge is 0.133 e. The molecule has 3 unspecified atom stereocenters. The van der Waals surface area contributed by atoms with Crippen LogP contribution in [0.3, 0.4) is 0 Å². The van der Waals surface area contributed by atoms with Crippen LogP contribution in [0.4, 0.5) is 0 Å². The van der Waals surface area contributed by atoms with Crippen molar-refractivity contribution in [1.29, 1.82) is 0 Å². The Kier molecular flexibility index (Phi) is 4.33. The monoisotopic (exact) mass is 311 g/mol. The molecule has 0 radical (unpaired) electrons. The van der Waals surface area contributed by atoms with E-state index in [1.54, 1.807) is 0 Å². The molecule has 2 nitrogen and oxygen atoms in total. The summed E-state index contributed by atoms with van der Waals surface area (Å²) in [6, 6.07) is 8.67. The van der Waals surface area contributed by atoms with Crippen LogP contribution in [0.2, 0.25) is 0 Å². The second-order valence-corrected chi connectivity index (χ2v) is 6.10. The second-order valence-electron chi connectivity index (χ2n) is 5.24. The van der Waals surface area contributed by atoms with Gasteiger partial charge in [0.1, 0.15) is 11.9 Å². The molecule has 1 aromatic rings. The molecule has 0 aromatic heterocycles. The van der Waals surface area contributed by atoms with Gasteiger partial charge < -0.3 is 10.1 Å². The van der Waals surface area contributed by atoms with E-state index in [0.29, 0.717) is 12.1 Å². The summed E-state index contributed by atoms with van der Waals surface area (Å²) in [5, 5.41) is 3.56. The molecule has 1 aliphatic carbocycles. The Morgan fingerprint density at radius 2 is 2.11 bits per heavy atom. The van der Waals surface area contributed by atoms with Crippen LogP contribution < -0.4 is 10.1 Å². The Bertz CT molecular complexity index is 409. The highest BCUT2D eigenvalue weighted by Crippen LogP contribution is 2.46. The summed E-state index contributed by atoms with van der Waals surface area (Å²) < 4.78 is 7.21. The second kappa shape index (κ2) is 5.62. The molecular weight excluding hydrogens is 290 g/mol. The molecule has 2 rings (SSSR count). The van der Waals surface area contributed by atoms with Gasteiger partial charge in [-0.15, -0.1) is 0 Å². The van der Waals surface area contributed by atoms with Crippen LogP contribution in [0.5, 0.6) is 5.75 Å². The van der Waals surface area contributed by atoms with Crippen LogP contribution in [0.25, 0.3) is 0 Å². The standard InChI is InChI=1S/C15H22BrNO/c1-4-15(3)13(17-5-2)10-14(15)18-12-9-7-6-8-11(12)16/h6-9,13-14,17H,4-5,10H2,1-3H3. The van der Waals surface area contributed by atoms with E-state index in [4.69, 9.17) is 4.74 Å². The molecule has 18 heavy (non-hydrogen) atoms. The van der Waals surface area contributed by atoms with Crippen LogP contribution in [0.15, 0.2) is 28.7 Å². The maximum absolute atomic E-state index is 6.18. The molecule has 1 fully saturated rings. The van der Waals surface area contributed by atoms with Gasteiger partial charge in [-0.1, -0.05) is 32.9 Å². The molecule has 1 N–H and O–H groups in total. The summed E-state index contributed by atoms with van der Waals surface area (Å²) in [5.41, 5.74) is 0.241. The van der Waals surface area contributed by atoms with Gasteiger partial charge in [-0.25, -0.2) is 0 Å². The first-order valence-corrected chi connectivity index (χ1v) is 7.55. The highest BCUT2D eigenvalue weighted by molar-refractivity contribution is 9.10. The number of hydrogen-bond donors (Lipinski definition) is 1. The molecule has 0 heterocycles. The number of nitrogens with one attached hydrogen (secondary N) is 1. The molecule has 0 amide bonds. The summed E-state index contributed by atoms with van der Waals surface area (Å²) in [7, 11) is 0. The highest BCUT2D eigenvalue weighted by Gasteiger charge is 2.51. The van der Waals surface area contributed by atoms with E-state index in [-0.39, 0.29) is 5.41 Å². The molecule has 1 saturated carbocycles. The van der Waals surface area contributed by atoms with Crippen molar-refractivity contribution in [3.05, 3.63) is 28.7 Å². The normalized spacial score (nSPS) is 30.9. The van der Waals surface area contributed by atoms with Crippen molar-refractivity contribution in [2.45, 2.75) is 45.8 Å². The van der Waals surface area contributed by atoms with Gasteiger partial charge in [0.2, 0.25) is 0 Å². The van der Waals surface area contributed by atoms with Crippen molar-refractivity contribution in [3.63, 3.8) is 0 Å². The number of halogens is 1. The zero-order valence-corrected chi connectivity index (χ0v) is 13.0. The number of hydrogen-bond acceptors (Lipinski definition) is 2. The van der Waals surface area contributed by atoms with Gasteiger partial charge in [-0.2, -0.15) is 0 Å². The summed E-state index contributed by atoms with van der Waals surface area (Å²) in [4.78, 5) is 0. The molecule has 3 heteroatoms. The fourth-order valence-corrected chi connectivity index (χ4v) is 3.11. The quantitative estimate of drug-likeness (QED) is 0.887. The highest BCUT2D eigenvalue weighted by atomic mass is 79.9. The predicted octanol–water partition coefficient (Wildman–Crippen LogP) is 3.99. The fourth-order valence-electron chi connectivity index (χ4n) is 2.73. The van der Waals surface area contributed by atoms with Gasteiger partial charge in [0, 0.05) is 17.9 Å². The fraction of sp³-hybridized carbons (Fsp3) is 0.600. The maximum atomic E-state index is 6.18. The van der Waals surface area contributed by atoms with Crippen molar-refractivity contribution in [2.75, 3.05) is 6.54 Å². The van der Waals surface area contributed by atoms with E-state index >= 15 is 0 Å². The average molecular weight is 312 g/mol.